The van der Waals surface area contributed by atoms with Crippen LogP contribution in [0, 0.1) is 5.92 Å². The second-order valence-electron chi connectivity index (χ2n) is 12.1. The van der Waals surface area contributed by atoms with Crippen molar-refractivity contribution in [1.82, 2.24) is 0 Å². The van der Waals surface area contributed by atoms with Crippen molar-refractivity contribution >= 4 is 50.2 Å². The molecule has 0 bridgehead atoms. The molecule has 0 saturated heterocycles. The second-order valence-corrected chi connectivity index (χ2v) is 12.1. The molecule has 0 aliphatic heterocycles. The summed E-state index contributed by atoms with van der Waals surface area (Å²) in [5.41, 5.74) is 2.70. The highest BCUT2D eigenvalue weighted by Crippen LogP contribution is 2.40. The summed E-state index contributed by atoms with van der Waals surface area (Å²) in [7, 11) is 0. The van der Waals surface area contributed by atoms with Gasteiger partial charge in [-0.25, -0.2) is 4.79 Å². The van der Waals surface area contributed by atoms with Gasteiger partial charge in [0, 0.05) is 6.42 Å². The average Bonchev–Trinajstić information content (AvgIpc) is 3.00. The zero-order chi connectivity index (χ0) is 31.7. The van der Waals surface area contributed by atoms with Crippen LogP contribution in [0.3, 0.4) is 0 Å². The molecule has 0 amide bonds. The number of rotatable bonds is 8. The number of ether oxygens (including phenoxy) is 3. The van der Waals surface area contributed by atoms with E-state index in [1.54, 1.807) is 39.0 Å². The highest BCUT2D eigenvalue weighted by atomic mass is 16.5. The van der Waals surface area contributed by atoms with Crippen molar-refractivity contribution < 1.29 is 28.6 Å². The van der Waals surface area contributed by atoms with Gasteiger partial charge in [-0.05, 0) is 104 Å². The first-order valence-electron chi connectivity index (χ1n) is 15.2. The molecule has 5 aromatic rings. The highest BCUT2D eigenvalue weighted by Gasteiger charge is 2.18. The molecule has 226 valence electrons. The van der Waals surface area contributed by atoms with E-state index in [-0.39, 0.29) is 36.1 Å². The normalized spacial score (nSPS) is 11.6. The Balaban J connectivity index is 1.64. The number of fused-ring (bicyclic) bond motifs is 6. The second kappa shape index (κ2) is 12.5. The van der Waals surface area contributed by atoms with Gasteiger partial charge in [0.05, 0.1) is 11.5 Å². The third-order valence-corrected chi connectivity index (χ3v) is 7.81. The predicted octanol–water partition coefficient (Wildman–Crippen LogP) is 9.49. The van der Waals surface area contributed by atoms with Gasteiger partial charge in [0.25, 0.3) is 0 Å². The van der Waals surface area contributed by atoms with Crippen molar-refractivity contribution in [3.8, 4) is 17.2 Å². The minimum absolute atomic E-state index is 0.258. The molecule has 6 nitrogen and oxygen atoms in total. The lowest BCUT2D eigenvalue weighted by Crippen LogP contribution is -2.14. The van der Waals surface area contributed by atoms with E-state index in [4.69, 9.17) is 14.2 Å². The molecule has 0 fully saturated rings. The first-order chi connectivity index (χ1) is 20.9. The van der Waals surface area contributed by atoms with Crippen LogP contribution in [0.2, 0.25) is 0 Å². The summed E-state index contributed by atoms with van der Waals surface area (Å²) in [6.45, 7) is 13.8. The highest BCUT2D eigenvalue weighted by molar-refractivity contribution is 6.26. The maximum Gasteiger partial charge on any atom is 0.343 e. The lowest BCUT2D eigenvalue weighted by Gasteiger charge is -2.15. The van der Waals surface area contributed by atoms with Crippen LogP contribution in [-0.4, -0.2) is 17.9 Å². The molecule has 44 heavy (non-hydrogen) atoms. The molecule has 0 aliphatic carbocycles. The third-order valence-electron chi connectivity index (χ3n) is 7.81. The minimum atomic E-state index is -0.421. The van der Waals surface area contributed by atoms with Crippen LogP contribution in [0.5, 0.6) is 17.2 Å². The van der Waals surface area contributed by atoms with E-state index in [0.717, 1.165) is 43.4 Å². The minimum Gasteiger partial charge on any atom is -0.427 e. The largest absolute Gasteiger partial charge is 0.427 e. The van der Waals surface area contributed by atoms with Gasteiger partial charge in [-0.3, -0.25) is 9.59 Å². The van der Waals surface area contributed by atoms with Crippen molar-refractivity contribution in [2.24, 2.45) is 5.92 Å². The van der Waals surface area contributed by atoms with E-state index in [9.17, 15) is 14.4 Å². The van der Waals surface area contributed by atoms with Crippen LogP contribution >= 0.6 is 0 Å². The number of benzene rings is 5. The maximum atomic E-state index is 13.4. The van der Waals surface area contributed by atoms with E-state index < -0.39 is 5.97 Å². The van der Waals surface area contributed by atoms with Gasteiger partial charge < -0.3 is 14.2 Å². The van der Waals surface area contributed by atoms with Crippen molar-refractivity contribution in [3.63, 3.8) is 0 Å². The number of esters is 3. The SMILES string of the molecule is CCC(=O)Oc1ccc2c(c1)c1ccc(OC(=O)c3cc(C(C)C)cc(C(C)C)c3)cc1c1ccc(OC(=O)C(C)C)cc21. The van der Waals surface area contributed by atoms with Gasteiger partial charge in [0.15, 0.2) is 0 Å². The first kappa shape index (κ1) is 30.7. The van der Waals surface area contributed by atoms with Crippen LogP contribution in [0.25, 0.3) is 32.3 Å². The van der Waals surface area contributed by atoms with E-state index in [1.807, 2.05) is 48.5 Å². The summed E-state index contributed by atoms with van der Waals surface area (Å²) in [4.78, 5) is 37.9. The van der Waals surface area contributed by atoms with Crippen LogP contribution < -0.4 is 14.2 Å². The smallest absolute Gasteiger partial charge is 0.343 e. The van der Waals surface area contributed by atoms with Gasteiger partial charge in [-0.1, -0.05) is 72.7 Å². The number of hydrogen-bond acceptors (Lipinski definition) is 6. The van der Waals surface area contributed by atoms with E-state index in [0.29, 0.717) is 22.8 Å². The molecule has 0 heterocycles. The molecule has 5 aromatic carbocycles. The fraction of sp³-hybridized carbons (Fsp3) is 0.289. The zero-order valence-corrected chi connectivity index (χ0v) is 26.3. The van der Waals surface area contributed by atoms with Gasteiger partial charge in [-0.15, -0.1) is 0 Å². The Kier molecular flexibility index (Phi) is 8.73. The van der Waals surface area contributed by atoms with Crippen LogP contribution in [0.4, 0.5) is 0 Å². The molecule has 0 aromatic heterocycles. The molecule has 5 rings (SSSR count). The van der Waals surface area contributed by atoms with E-state index in [1.165, 1.54) is 0 Å². The standard InChI is InChI=1S/C38H38O6/c1-8-36(39)42-27-9-12-30-33(18-27)31-14-11-29(44-38(41)26-16-24(21(2)3)15-25(17-26)22(4)5)20-35(31)32-13-10-28(19-34(30)32)43-37(40)23(6)7/h9-23H,8H2,1-7H3. The molecule has 0 atom stereocenters. The van der Waals surface area contributed by atoms with Gasteiger partial charge in [0.2, 0.25) is 0 Å². The van der Waals surface area contributed by atoms with Gasteiger partial charge in [-0.2, -0.15) is 0 Å². The molecule has 0 saturated carbocycles. The summed E-state index contributed by atoms with van der Waals surface area (Å²) in [6, 6.07) is 22.6. The lowest BCUT2D eigenvalue weighted by molar-refractivity contribution is -0.137. The number of hydrogen-bond donors (Lipinski definition) is 0. The fourth-order valence-corrected chi connectivity index (χ4v) is 5.20. The zero-order valence-electron chi connectivity index (χ0n) is 26.3. The summed E-state index contributed by atoms with van der Waals surface area (Å²) >= 11 is 0. The number of carbonyl (C=O) groups excluding carboxylic acids is 3. The maximum absolute atomic E-state index is 13.4. The predicted molar refractivity (Wildman–Crippen MR) is 175 cm³/mol. The summed E-state index contributed by atoms with van der Waals surface area (Å²) < 4.78 is 17.1. The molecule has 0 aliphatic rings. The Morgan fingerprint density at radius 1 is 0.545 bits per heavy atom. The monoisotopic (exact) mass is 590 g/mol. The Morgan fingerprint density at radius 3 is 1.39 bits per heavy atom. The lowest BCUT2D eigenvalue weighted by atomic mass is 9.93. The summed E-state index contributed by atoms with van der Waals surface area (Å²) in [5.74, 6) is 0.487. The van der Waals surface area contributed by atoms with E-state index >= 15 is 0 Å². The fourth-order valence-electron chi connectivity index (χ4n) is 5.20. The van der Waals surface area contributed by atoms with Crippen molar-refractivity contribution in [2.75, 3.05) is 0 Å². The van der Waals surface area contributed by atoms with Crippen LogP contribution in [0.15, 0.2) is 72.8 Å². The van der Waals surface area contributed by atoms with Gasteiger partial charge in [0.1, 0.15) is 17.2 Å². The Bertz CT molecular complexity index is 1890. The van der Waals surface area contributed by atoms with Gasteiger partial charge >= 0.3 is 17.9 Å². The Morgan fingerprint density at radius 2 is 0.977 bits per heavy atom. The molecule has 0 radical (unpaired) electrons. The Labute approximate surface area is 257 Å². The quantitative estimate of drug-likeness (QED) is 0.102. The molecule has 0 spiro atoms. The third kappa shape index (κ3) is 6.30. The summed E-state index contributed by atoms with van der Waals surface area (Å²) in [6.07, 6.45) is 0.258. The molecule has 0 N–H and O–H groups in total. The molecular weight excluding hydrogens is 552 g/mol. The molecular formula is C38H38O6. The average molecular weight is 591 g/mol. The number of carbonyl (C=O) groups is 3. The van der Waals surface area contributed by atoms with E-state index in [2.05, 4.69) is 33.8 Å². The van der Waals surface area contributed by atoms with Crippen molar-refractivity contribution in [2.45, 2.75) is 66.7 Å². The van der Waals surface area contributed by atoms with Crippen molar-refractivity contribution in [1.29, 1.82) is 0 Å². The Hall–Kier alpha value is -4.71. The summed E-state index contributed by atoms with van der Waals surface area (Å²) in [5, 5.41) is 5.25. The molecule has 0 unspecified atom stereocenters. The van der Waals surface area contributed by atoms with Crippen LogP contribution in [-0.2, 0) is 9.59 Å². The van der Waals surface area contributed by atoms with Crippen molar-refractivity contribution in [3.05, 3.63) is 89.5 Å². The van der Waals surface area contributed by atoms with Crippen LogP contribution in [0.1, 0.15) is 88.2 Å². The molecule has 6 heteroatoms. The topological polar surface area (TPSA) is 78.9 Å². The first-order valence-corrected chi connectivity index (χ1v) is 15.2.